The van der Waals surface area contributed by atoms with Crippen LogP contribution in [-0.4, -0.2) is 5.91 Å². The lowest BCUT2D eigenvalue weighted by Gasteiger charge is -1.85. The average molecular weight is 123 g/mol. The van der Waals surface area contributed by atoms with Gasteiger partial charge in [0.15, 0.2) is 0 Å². The topological polar surface area (TPSA) is 66.9 Å². The van der Waals surface area contributed by atoms with Crippen LogP contribution in [0.3, 0.4) is 0 Å². The predicted octanol–water partition coefficient (Wildman–Crippen LogP) is -0.164. The van der Waals surface area contributed by atoms with Crippen molar-refractivity contribution in [2.45, 2.75) is 6.42 Å². The SMILES string of the molecule is N#C[C@@H]1C[C@@H]1[CH]C(N)=O. The number of nitrogens with two attached hydrogens (primary N) is 1. The van der Waals surface area contributed by atoms with Gasteiger partial charge >= 0.3 is 0 Å². The number of nitrogens with zero attached hydrogens (tertiary/aromatic N) is 1. The van der Waals surface area contributed by atoms with Crippen LogP contribution in [0.2, 0.25) is 0 Å². The Hall–Kier alpha value is -1.04. The summed E-state index contributed by atoms with van der Waals surface area (Å²) in [4.78, 5) is 10.2. The van der Waals surface area contributed by atoms with Crippen molar-refractivity contribution in [1.82, 2.24) is 0 Å². The van der Waals surface area contributed by atoms with Crippen molar-refractivity contribution >= 4 is 5.91 Å². The Morgan fingerprint density at radius 1 is 1.89 bits per heavy atom. The zero-order valence-corrected chi connectivity index (χ0v) is 4.87. The molecular weight excluding hydrogens is 116 g/mol. The molecule has 1 saturated carbocycles. The van der Waals surface area contributed by atoms with Gasteiger partial charge in [-0.3, -0.25) is 4.79 Å². The van der Waals surface area contributed by atoms with E-state index in [1.807, 2.05) is 0 Å². The number of carbonyl (C=O) groups is 1. The molecule has 9 heavy (non-hydrogen) atoms. The van der Waals surface area contributed by atoms with Gasteiger partial charge in [-0.1, -0.05) is 0 Å². The van der Waals surface area contributed by atoms with E-state index in [1.165, 1.54) is 6.42 Å². The molecule has 0 spiro atoms. The summed E-state index contributed by atoms with van der Waals surface area (Å²) in [6, 6.07) is 2.06. The van der Waals surface area contributed by atoms with E-state index in [9.17, 15) is 4.79 Å². The molecule has 0 aliphatic heterocycles. The van der Waals surface area contributed by atoms with Crippen LogP contribution >= 0.6 is 0 Å². The number of amides is 1. The minimum absolute atomic E-state index is 0.0532. The van der Waals surface area contributed by atoms with Crippen LogP contribution in [0, 0.1) is 29.6 Å². The van der Waals surface area contributed by atoms with Crippen LogP contribution in [0.15, 0.2) is 0 Å². The number of rotatable bonds is 2. The highest BCUT2D eigenvalue weighted by Gasteiger charge is 2.38. The fourth-order valence-corrected chi connectivity index (χ4v) is 0.758. The van der Waals surface area contributed by atoms with E-state index >= 15 is 0 Å². The molecule has 0 bridgehead atoms. The first-order valence-corrected chi connectivity index (χ1v) is 2.78. The monoisotopic (exact) mass is 123 g/mol. The minimum Gasteiger partial charge on any atom is -0.369 e. The third-order valence-electron chi connectivity index (χ3n) is 1.38. The molecule has 0 aromatic heterocycles. The molecule has 1 fully saturated rings. The second-order valence-corrected chi connectivity index (χ2v) is 2.20. The second-order valence-electron chi connectivity index (χ2n) is 2.20. The average Bonchev–Trinajstić information content (AvgIpc) is 2.45. The third-order valence-corrected chi connectivity index (χ3v) is 1.38. The maximum Gasteiger partial charge on any atom is 0.221 e. The van der Waals surface area contributed by atoms with Gasteiger partial charge in [0, 0.05) is 0 Å². The zero-order chi connectivity index (χ0) is 6.85. The molecular formula is C6H7N2O. The van der Waals surface area contributed by atoms with Crippen LogP contribution in [0.4, 0.5) is 0 Å². The van der Waals surface area contributed by atoms with Gasteiger partial charge in [0.1, 0.15) is 0 Å². The summed E-state index contributed by atoms with van der Waals surface area (Å²) >= 11 is 0. The predicted molar refractivity (Wildman–Crippen MR) is 30.7 cm³/mol. The standard InChI is InChI=1S/C6H7N2O/c7-3-5-1-4(5)2-6(8)9/h2,4-5H,1H2,(H2,8,9)/t4-,5+/m1/s1. The van der Waals surface area contributed by atoms with Gasteiger partial charge in [0.25, 0.3) is 0 Å². The normalized spacial score (nSPS) is 31.0. The highest BCUT2D eigenvalue weighted by atomic mass is 16.1. The summed E-state index contributed by atoms with van der Waals surface area (Å²) in [5.74, 6) is -0.220. The largest absolute Gasteiger partial charge is 0.369 e. The van der Waals surface area contributed by atoms with Crippen molar-refractivity contribution in [1.29, 1.82) is 5.26 Å². The lowest BCUT2D eigenvalue weighted by atomic mass is 10.2. The lowest BCUT2D eigenvalue weighted by Crippen LogP contribution is -2.12. The Kier molecular flexibility index (Phi) is 1.39. The first kappa shape index (κ1) is 6.09. The van der Waals surface area contributed by atoms with Crippen molar-refractivity contribution in [3.8, 4) is 6.07 Å². The summed E-state index contributed by atoms with van der Waals surface area (Å²) < 4.78 is 0. The molecule has 3 nitrogen and oxygen atoms in total. The Morgan fingerprint density at radius 2 is 2.56 bits per heavy atom. The minimum atomic E-state index is -0.419. The molecule has 47 valence electrons. The molecule has 2 N–H and O–H groups in total. The second kappa shape index (κ2) is 2.06. The van der Waals surface area contributed by atoms with E-state index in [0.717, 1.165) is 6.42 Å². The van der Waals surface area contributed by atoms with Gasteiger partial charge in [0.05, 0.1) is 18.4 Å². The van der Waals surface area contributed by atoms with E-state index in [1.54, 1.807) is 0 Å². The summed E-state index contributed by atoms with van der Waals surface area (Å²) in [7, 11) is 0. The number of carbonyl (C=O) groups excluding carboxylic acids is 1. The van der Waals surface area contributed by atoms with Crippen molar-refractivity contribution < 1.29 is 4.79 Å². The van der Waals surface area contributed by atoms with E-state index in [2.05, 4.69) is 6.07 Å². The maximum absolute atomic E-state index is 10.2. The van der Waals surface area contributed by atoms with Crippen LogP contribution < -0.4 is 5.73 Å². The quantitative estimate of drug-likeness (QED) is 0.554. The third kappa shape index (κ3) is 1.43. The molecule has 0 aromatic rings. The number of hydrogen-bond acceptors (Lipinski definition) is 2. The summed E-state index contributed by atoms with van der Waals surface area (Å²) in [5.41, 5.74) is 4.85. The molecule has 0 aromatic carbocycles. The van der Waals surface area contributed by atoms with Crippen molar-refractivity contribution in [3.05, 3.63) is 6.42 Å². The van der Waals surface area contributed by atoms with Crippen LogP contribution in [0.5, 0.6) is 0 Å². The number of nitriles is 1. The zero-order valence-electron chi connectivity index (χ0n) is 4.87. The molecule has 1 aliphatic carbocycles. The molecule has 0 heterocycles. The van der Waals surface area contributed by atoms with Gasteiger partial charge in [-0.25, -0.2) is 0 Å². The summed E-state index contributed by atoms with van der Waals surface area (Å²) in [6.45, 7) is 0. The summed E-state index contributed by atoms with van der Waals surface area (Å²) in [5, 5.41) is 8.27. The molecule has 0 saturated heterocycles. The Bertz CT molecular complexity index is 170. The highest BCUT2D eigenvalue weighted by Crippen LogP contribution is 2.39. The molecule has 1 aliphatic rings. The maximum atomic E-state index is 10.2. The van der Waals surface area contributed by atoms with Crippen LogP contribution in [0.1, 0.15) is 6.42 Å². The lowest BCUT2D eigenvalue weighted by molar-refractivity contribution is -0.115. The Morgan fingerprint density at radius 3 is 2.89 bits per heavy atom. The van der Waals surface area contributed by atoms with Gasteiger partial charge in [-0.15, -0.1) is 0 Å². The van der Waals surface area contributed by atoms with Crippen molar-refractivity contribution in [2.24, 2.45) is 17.6 Å². The number of primary amides is 1. The van der Waals surface area contributed by atoms with E-state index in [4.69, 9.17) is 11.0 Å². The van der Waals surface area contributed by atoms with Crippen molar-refractivity contribution in [2.75, 3.05) is 0 Å². The van der Waals surface area contributed by atoms with E-state index in [-0.39, 0.29) is 11.8 Å². The summed E-state index contributed by atoms with van der Waals surface area (Å²) in [6.07, 6.45) is 2.22. The van der Waals surface area contributed by atoms with E-state index < -0.39 is 5.91 Å². The molecule has 0 unspecified atom stereocenters. The van der Waals surface area contributed by atoms with Gasteiger partial charge in [0.2, 0.25) is 5.91 Å². The molecule has 1 amide bonds. The van der Waals surface area contributed by atoms with Gasteiger partial charge in [-0.2, -0.15) is 5.26 Å². The van der Waals surface area contributed by atoms with E-state index in [0.29, 0.717) is 0 Å². The first-order chi connectivity index (χ1) is 4.24. The fourth-order valence-electron chi connectivity index (χ4n) is 0.758. The molecule has 3 heteroatoms. The van der Waals surface area contributed by atoms with Crippen LogP contribution in [0.25, 0.3) is 0 Å². The van der Waals surface area contributed by atoms with Crippen molar-refractivity contribution in [3.63, 3.8) is 0 Å². The van der Waals surface area contributed by atoms with Gasteiger partial charge < -0.3 is 5.73 Å². The fraction of sp³-hybridized carbons (Fsp3) is 0.500. The molecule has 2 atom stereocenters. The smallest absolute Gasteiger partial charge is 0.221 e. The van der Waals surface area contributed by atoms with Gasteiger partial charge in [-0.05, 0) is 12.3 Å². The Labute approximate surface area is 53.5 Å². The molecule has 1 radical (unpaired) electrons. The number of hydrogen-bond donors (Lipinski definition) is 1. The molecule has 1 rings (SSSR count). The first-order valence-electron chi connectivity index (χ1n) is 2.78. The van der Waals surface area contributed by atoms with Crippen LogP contribution in [-0.2, 0) is 4.79 Å². The highest BCUT2D eigenvalue weighted by molar-refractivity contribution is 5.83. The Balaban J connectivity index is 2.22.